The van der Waals surface area contributed by atoms with Gasteiger partial charge in [0.15, 0.2) is 10.8 Å². The Morgan fingerprint density at radius 1 is 1.35 bits per heavy atom. The topological polar surface area (TPSA) is 105 Å². The molecular weight excluding hydrogens is 316 g/mol. The fourth-order valence-corrected chi connectivity index (χ4v) is 2.92. The first-order valence-corrected chi connectivity index (χ1v) is 8.04. The summed E-state index contributed by atoms with van der Waals surface area (Å²) in [7, 11) is 0. The van der Waals surface area contributed by atoms with Crippen molar-refractivity contribution >= 4 is 23.2 Å². The van der Waals surface area contributed by atoms with Crippen molar-refractivity contribution in [1.82, 2.24) is 20.3 Å². The van der Waals surface area contributed by atoms with Gasteiger partial charge in [-0.15, -0.1) is 11.3 Å². The molecule has 0 saturated heterocycles. The molecule has 2 aromatic heterocycles. The number of amides is 1. The second kappa shape index (κ2) is 7.28. The number of carboxylic acid groups (broad SMARTS) is 1. The first-order valence-electron chi connectivity index (χ1n) is 7.22. The molecule has 2 atom stereocenters. The molecule has 0 saturated carbocycles. The van der Waals surface area contributed by atoms with Crippen LogP contribution in [0.3, 0.4) is 0 Å². The number of aliphatic carboxylic acids is 1. The molecule has 0 bridgehead atoms. The van der Waals surface area contributed by atoms with E-state index in [0.717, 1.165) is 11.3 Å². The molecular formula is C15H18N4O3S. The van der Waals surface area contributed by atoms with E-state index in [1.54, 1.807) is 32.3 Å². The molecule has 0 aliphatic carbocycles. The Balaban J connectivity index is 2.23. The third-order valence-electron chi connectivity index (χ3n) is 3.53. The zero-order chi connectivity index (χ0) is 17.0. The van der Waals surface area contributed by atoms with Gasteiger partial charge in [0.2, 0.25) is 0 Å². The van der Waals surface area contributed by atoms with Crippen LogP contribution in [0.25, 0.3) is 10.8 Å². The van der Waals surface area contributed by atoms with Gasteiger partial charge in [-0.05, 0) is 18.9 Å². The van der Waals surface area contributed by atoms with Crippen molar-refractivity contribution in [2.24, 2.45) is 5.92 Å². The van der Waals surface area contributed by atoms with Gasteiger partial charge in [0, 0.05) is 12.4 Å². The van der Waals surface area contributed by atoms with E-state index < -0.39 is 17.9 Å². The SMILES string of the molecule is CC[C@H](C)[C@H](NC(=O)c1sc(-c2ncccn2)nc1C)C(=O)O. The first-order chi connectivity index (χ1) is 10.9. The molecule has 0 spiro atoms. The van der Waals surface area contributed by atoms with Gasteiger partial charge in [0.05, 0.1) is 5.69 Å². The lowest BCUT2D eigenvalue weighted by molar-refractivity contribution is -0.140. The number of rotatable bonds is 6. The molecule has 8 heteroatoms. The normalized spacial score (nSPS) is 13.3. The second-order valence-electron chi connectivity index (χ2n) is 5.18. The minimum Gasteiger partial charge on any atom is -0.480 e. The molecule has 23 heavy (non-hydrogen) atoms. The number of carbonyl (C=O) groups is 2. The summed E-state index contributed by atoms with van der Waals surface area (Å²) in [5, 5.41) is 12.4. The quantitative estimate of drug-likeness (QED) is 0.838. The maximum Gasteiger partial charge on any atom is 0.326 e. The van der Waals surface area contributed by atoms with Gasteiger partial charge >= 0.3 is 5.97 Å². The van der Waals surface area contributed by atoms with E-state index >= 15 is 0 Å². The molecule has 0 radical (unpaired) electrons. The Bertz CT molecular complexity index is 702. The van der Waals surface area contributed by atoms with Gasteiger partial charge in [0.25, 0.3) is 5.91 Å². The van der Waals surface area contributed by atoms with Crippen molar-refractivity contribution in [3.8, 4) is 10.8 Å². The first kappa shape index (κ1) is 17.0. The summed E-state index contributed by atoms with van der Waals surface area (Å²) in [5.41, 5.74) is 0.531. The predicted molar refractivity (Wildman–Crippen MR) is 86.2 cm³/mol. The van der Waals surface area contributed by atoms with Crippen molar-refractivity contribution < 1.29 is 14.7 Å². The van der Waals surface area contributed by atoms with Crippen LogP contribution in [0.15, 0.2) is 18.5 Å². The number of nitrogens with zero attached hydrogens (tertiary/aromatic N) is 3. The Morgan fingerprint density at radius 2 is 2.00 bits per heavy atom. The number of aromatic nitrogens is 3. The predicted octanol–water partition coefficient (Wildman–Crippen LogP) is 2.14. The van der Waals surface area contributed by atoms with Crippen LogP contribution >= 0.6 is 11.3 Å². The monoisotopic (exact) mass is 334 g/mol. The van der Waals surface area contributed by atoms with Crippen molar-refractivity contribution in [3.05, 3.63) is 29.0 Å². The highest BCUT2D eigenvalue weighted by Gasteiger charge is 2.27. The van der Waals surface area contributed by atoms with Crippen LogP contribution in [0.4, 0.5) is 0 Å². The minimum atomic E-state index is -1.04. The molecule has 0 aliphatic rings. The van der Waals surface area contributed by atoms with Crippen molar-refractivity contribution in [1.29, 1.82) is 0 Å². The van der Waals surface area contributed by atoms with Crippen LogP contribution < -0.4 is 5.32 Å². The molecule has 7 nitrogen and oxygen atoms in total. The number of carbonyl (C=O) groups excluding carboxylic acids is 1. The third-order valence-corrected chi connectivity index (χ3v) is 4.68. The molecule has 0 aliphatic heterocycles. The molecule has 0 fully saturated rings. The van der Waals surface area contributed by atoms with Crippen LogP contribution in [-0.4, -0.2) is 38.0 Å². The number of thiazole rings is 1. The molecule has 2 N–H and O–H groups in total. The zero-order valence-electron chi connectivity index (χ0n) is 13.1. The fourth-order valence-electron chi connectivity index (χ4n) is 2.00. The third kappa shape index (κ3) is 3.89. The van der Waals surface area contributed by atoms with E-state index in [1.165, 1.54) is 0 Å². The summed E-state index contributed by atoms with van der Waals surface area (Å²) in [4.78, 5) is 36.6. The Hall–Kier alpha value is -2.35. The molecule has 2 aromatic rings. The number of nitrogens with one attached hydrogen (secondary N) is 1. The molecule has 0 unspecified atom stereocenters. The summed E-state index contributed by atoms with van der Waals surface area (Å²) in [6.07, 6.45) is 3.85. The molecule has 1 amide bonds. The highest BCUT2D eigenvalue weighted by molar-refractivity contribution is 7.17. The van der Waals surface area contributed by atoms with Gasteiger partial charge in [0.1, 0.15) is 10.9 Å². The maximum absolute atomic E-state index is 12.4. The Labute approximate surface area is 137 Å². The van der Waals surface area contributed by atoms with Crippen LogP contribution in [0, 0.1) is 12.8 Å². The van der Waals surface area contributed by atoms with E-state index in [0.29, 0.717) is 27.8 Å². The lowest BCUT2D eigenvalue weighted by Crippen LogP contribution is -2.44. The van der Waals surface area contributed by atoms with Gasteiger partial charge in [-0.2, -0.15) is 0 Å². The molecule has 2 heterocycles. The van der Waals surface area contributed by atoms with Crippen LogP contribution in [0.1, 0.15) is 35.6 Å². The molecule has 2 rings (SSSR count). The number of hydrogen-bond donors (Lipinski definition) is 2. The van der Waals surface area contributed by atoms with Crippen molar-refractivity contribution in [2.75, 3.05) is 0 Å². The lowest BCUT2D eigenvalue weighted by Gasteiger charge is -2.19. The number of hydrogen-bond acceptors (Lipinski definition) is 6. The highest BCUT2D eigenvalue weighted by atomic mass is 32.1. The van der Waals surface area contributed by atoms with E-state index in [4.69, 9.17) is 0 Å². The Kier molecular flexibility index (Phi) is 5.38. The smallest absolute Gasteiger partial charge is 0.326 e. The van der Waals surface area contributed by atoms with Gasteiger partial charge in [-0.3, -0.25) is 4.79 Å². The number of carboxylic acids is 1. The summed E-state index contributed by atoms with van der Waals surface area (Å²) < 4.78 is 0. The van der Waals surface area contributed by atoms with E-state index in [1.807, 2.05) is 6.92 Å². The van der Waals surface area contributed by atoms with E-state index in [2.05, 4.69) is 20.3 Å². The van der Waals surface area contributed by atoms with Crippen LogP contribution in [0.2, 0.25) is 0 Å². The van der Waals surface area contributed by atoms with Crippen molar-refractivity contribution in [3.63, 3.8) is 0 Å². The lowest BCUT2D eigenvalue weighted by atomic mass is 9.99. The minimum absolute atomic E-state index is 0.165. The van der Waals surface area contributed by atoms with Crippen molar-refractivity contribution in [2.45, 2.75) is 33.2 Å². The van der Waals surface area contributed by atoms with Gasteiger partial charge in [-0.1, -0.05) is 20.3 Å². The van der Waals surface area contributed by atoms with E-state index in [9.17, 15) is 14.7 Å². The summed E-state index contributed by atoms with van der Waals surface area (Å²) in [6, 6.07) is 0.770. The zero-order valence-corrected chi connectivity index (χ0v) is 13.9. The average molecular weight is 334 g/mol. The Morgan fingerprint density at radius 3 is 2.57 bits per heavy atom. The second-order valence-corrected chi connectivity index (χ2v) is 6.18. The summed E-state index contributed by atoms with van der Waals surface area (Å²) in [6.45, 7) is 5.38. The molecule has 122 valence electrons. The van der Waals surface area contributed by atoms with Gasteiger partial charge < -0.3 is 10.4 Å². The molecule has 0 aromatic carbocycles. The number of aryl methyl sites for hydroxylation is 1. The van der Waals surface area contributed by atoms with E-state index in [-0.39, 0.29) is 5.92 Å². The van der Waals surface area contributed by atoms with Gasteiger partial charge in [-0.25, -0.2) is 19.7 Å². The highest BCUT2D eigenvalue weighted by Crippen LogP contribution is 2.25. The summed E-state index contributed by atoms with van der Waals surface area (Å²) >= 11 is 1.15. The summed E-state index contributed by atoms with van der Waals surface area (Å²) in [5.74, 6) is -1.20. The standard InChI is InChI=1S/C15H18N4O3S/c1-4-8(2)10(15(21)22)19-13(20)11-9(3)18-14(23-11)12-16-6-5-7-17-12/h5-8,10H,4H2,1-3H3,(H,19,20)(H,21,22)/t8-,10-/m0/s1. The fraction of sp³-hybridized carbons (Fsp3) is 0.400. The maximum atomic E-state index is 12.4. The average Bonchev–Trinajstić information content (AvgIpc) is 2.94. The van der Waals surface area contributed by atoms with Crippen LogP contribution in [0.5, 0.6) is 0 Å². The van der Waals surface area contributed by atoms with Crippen LogP contribution in [-0.2, 0) is 4.79 Å². The largest absolute Gasteiger partial charge is 0.480 e.